The highest BCUT2D eigenvalue weighted by Gasteiger charge is 2.28. The average molecular weight is 411 g/mol. The van der Waals surface area contributed by atoms with Gasteiger partial charge in [0.15, 0.2) is 11.6 Å². The van der Waals surface area contributed by atoms with Crippen molar-refractivity contribution < 1.29 is 13.5 Å². The van der Waals surface area contributed by atoms with Gasteiger partial charge in [-0.05, 0) is 76.1 Å². The summed E-state index contributed by atoms with van der Waals surface area (Å²) in [5.41, 5.74) is 1.49. The SMILES string of the molecule is CC1CCC(c2ccc(C#Cc3ccc(C(C)(C)OC(C)C)c(F)c3F)cc2)CC1. The molecule has 1 nitrogen and oxygen atoms in total. The summed E-state index contributed by atoms with van der Waals surface area (Å²) in [7, 11) is 0. The van der Waals surface area contributed by atoms with E-state index in [1.165, 1.54) is 37.3 Å². The largest absolute Gasteiger partial charge is 0.368 e. The van der Waals surface area contributed by atoms with Gasteiger partial charge in [0.05, 0.1) is 17.3 Å². The van der Waals surface area contributed by atoms with Crippen LogP contribution in [0.3, 0.4) is 0 Å². The molecule has 1 fully saturated rings. The van der Waals surface area contributed by atoms with Crippen LogP contribution in [0.4, 0.5) is 8.78 Å². The van der Waals surface area contributed by atoms with Crippen LogP contribution < -0.4 is 0 Å². The summed E-state index contributed by atoms with van der Waals surface area (Å²) < 4.78 is 35.1. The monoisotopic (exact) mass is 410 g/mol. The lowest BCUT2D eigenvalue weighted by Crippen LogP contribution is -2.27. The van der Waals surface area contributed by atoms with E-state index in [2.05, 4.69) is 30.9 Å². The van der Waals surface area contributed by atoms with Gasteiger partial charge in [0, 0.05) is 11.1 Å². The highest BCUT2D eigenvalue weighted by molar-refractivity contribution is 5.46. The average Bonchev–Trinajstić information content (AvgIpc) is 2.69. The molecule has 1 saturated carbocycles. The fourth-order valence-corrected chi connectivity index (χ4v) is 4.34. The predicted molar refractivity (Wildman–Crippen MR) is 118 cm³/mol. The van der Waals surface area contributed by atoms with Gasteiger partial charge in [-0.2, -0.15) is 0 Å². The third-order valence-corrected chi connectivity index (χ3v) is 6.00. The minimum absolute atomic E-state index is 0.0574. The zero-order valence-electron chi connectivity index (χ0n) is 18.7. The first-order chi connectivity index (χ1) is 14.2. The molecule has 0 saturated heterocycles. The molecule has 30 heavy (non-hydrogen) atoms. The molecule has 160 valence electrons. The van der Waals surface area contributed by atoms with Gasteiger partial charge in [0.2, 0.25) is 0 Å². The molecule has 0 bridgehead atoms. The van der Waals surface area contributed by atoms with Crippen LogP contribution in [0.25, 0.3) is 0 Å². The molecule has 0 atom stereocenters. The summed E-state index contributed by atoms with van der Waals surface area (Å²) in [6.07, 6.45) is 4.94. The fourth-order valence-electron chi connectivity index (χ4n) is 4.34. The van der Waals surface area contributed by atoms with Gasteiger partial charge in [-0.3, -0.25) is 0 Å². The Morgan fingerprint density at radius 2 is 1.53 bits per heavy atom. The molecule has 0 N–H and O–H groups in total. The van der Waals surface area contributed by atoms with E-state index in [-0.39, 0.29) is 17.2 Å². The highest BCUT2D eigenvalue weighted by atomic mass is 19.2. The van der Waals surface area contributed by atoms with E-state index < -0.39 is 17.2 Å². The smallest absolute Gasteiger partial charge is 0.174 e. The fraction of sp³-hybridized carbons (Fsp3) is 0.481. The Labute approximate surface area is 179 Å². The van der Waals surface area contributed by atoms with Gasteiger partial charge in [-0.25, -0.2) is 8.78 Å². The van der Waals surface area contributed by atoms with Crippen molar-refractivity contribution in [1.29, 1.82) is 0 Å². The second-order valence-electron chi connectivity index (χ2n) is 9.29. The van der Waals surface area contributed by atoms with Gasteiger partial charge < -0.3 is 4.74 Å². The second kappa shape index (κ2) is 9.31. The number of hydrogen-bond donors (Lipinski definition) is 0. The summed E-state index contributed by atoms with van der Waals surface area (Å²) in [5, 5.41) is 0. The van der Waals surface area contributed by atoms with Crippen LogP contribution in [-0.4, -0.2) is 6.10 Å². The molecule has 0 aromatic heterocycles. The zero-order chi connectivity index (χ0) is 21.9. The quantitative estimate of drug-likeness (QED) is 0.480. The summed E-state index contributed by atoms with van der Waals surface area (Å²) >= 11 is 0. The normalized spacial score (nSPS) is 19.5. The molecule has 0 unspecified atom stereocenters. The standard InChI is InChI=1S/C27H32F2O/c1-18(2)30-27(4,5)24-17-16-23(25(28)26(24)29)15-10-20-8-13-22(14-9-20)21-11-6-19(3)7-12-21/h8-9,13-14,16-19,21H,6-7,11-12H2,1-5H3. The van der Waals surface area contributed by atoms with Crippen LogP contribution in [0.1, 0.15) is 88.5 Å². The van der Waals surface area contributed by atoms with Gasteiger partial charge >= 0.3 is 0 Å². The van der Waals surface area contributed by atoms with Crippen molar-refractivity contribution in [2.24, 2.45) is 5.92 Å². The lowest BCUT2D eigenvalue weighted by molar-refractivity contribution is -0.0622. The Morgan fingerprint density at radius 3 is 2.13 bits per heavy atom. The third-order valence-electron chi connectivity index (χ3n) is 6.00. The number of benzene rings is 2. The first-order valence-corrected chi connectivity index (χ1v) is 11.0. The summed E-state index contributed by atoms with van der Waals surface area (Å²) in [4.78, 5) is 0. The maximum atomic E-state index is 14.7. The molecular weight excluding hydrogens is 378 g/mol. The van der Waals surface area contributed by atoms with E-state index >= 15 is 0 Å². The first kappa shape index (κ1) is 22.5. The maximum absolute atomic E-state index is 14.7. The highest BCUT2D eigenvalue weighted by Crippen LogP contribution is 2.35. The van der Waals surface area contributed by atoms with Crippen LogP contribution in [-0.2, 0) is 10.3 Å². The molecule has 0 amide bonds. The van der Waals surface area contributed by atoms with Gasteiger partial charge in [-0.1, -0.05) is 49.8 Å². The molecule has 1 aliphatic rings. The van der Waals surface area contributed by atoms with E-state index in [1.807, 2.05) is 26.0 Å². The molecule has 2 aromatic rings. The molecule has 0 aliphatic heterocycles. The molecule has 2 aromatic carbocycles. The van der Waals surface area contributed by atoms with Gasteiger partial charge in [-0.15, -0.1) is 0 Å². The van der Waals surface area contributed by atoms with E-state index in [9.17, 15) is 8.78 Å². The van der Waals surface area contributed by atoms with E-state index in [0.29, 0.717) is 5.92 Å². The molecule has 1 aliphatic carbocycles. The first-order valence-electron chi connectivity index (χ1n) is 11.0. The minimum atomic E-state index is -0.923. The van der Waals surface area contributed by atoms with E-state index in [1.54, 1.807) is 19.9 Å². The molecule has 3 heteroatoms. The number of halogens is 2. The summed E-state index contributed by atoms with van der Waals surface area (Å²) in [5.74, 6) is 5.39. The van der Waals surface area contributed by atoms with Crippen LogP contribution >= 0.6 is 0 Å². The molecule has 0 radical (unpaired) electrons. The van der Waals surface area contributed by atoms with Crippen LogP contribution in [0.5, 0.6) is 0 Å². The topological polar surface area (TPSA) is 9.23 Å². The summed E-state index contributed by atoms with van der Waals surface area (Å²) in [6, 6.07) is 11.3. The molecule has 3 rings (SSSR count). The number of ether oxygens (including phenoxy) is 1. The maximum Gasteiger partial charge on any atom is 0.174 e. The summed E-state index contributed by atoms with van der Waals surface area (Å²) in [6.45, 7) is 9.54. The van der Waals surface area contributed by atoms with Crippen molar-refractivity contribution in [2.45, 2.75) is 77.9 Å². The van der Waals surface area contributed by atoms with Crippen molar-refractivity contribution in [3.05, 3.63) is 70.3 Å². The second-order valence-corrected chi connectivity index (χ2v) is 9.29. The number of rotatable bonds is 4. The molecule has 0 spiro atoms. The Kier molecular flexibility index (Phi) is 6.98. The van der Waals surface area contributed by atoms with Crippen molar-refractivity contribution in [2.75, 3.05) is 0 Å². The van der Waals surface area contributed by atoms with Crippen molar-refractivity contribution in [1.82, 2.24) is 0 Å². The molecular formula is C27H32F2O. The van der Waals surface area contributed by atoms with E-state index in [4.69, 9.17) is 4.74 Å². The Balaban J connectivity index is 1.77. The van der Waals surface area contributed by atoms with Crippen LogP contribution in [0.2, 0.25) is 0 Å². The van der Waals surface area contributed by atoms with E-state index in [0.717, 1.165) is 11.5 Å². The van der Waals surface area contributed by atoms with Crippen molar-refractivity contribution in [3.8, 4) is 11.8 Å². The van der Waals surface area contributed by atoms with Crippen LogP contribution in [0, 0.1) is 29.4 Å². The van der Waals surface area contributed by atoms with Crippen molar-refractivity contribution >= 4 is 0 Å². The third kappa shape index (κ3) is 5.29. The lowest BCUT2D eigenvalue weighted by atomic mass is 9.79. The predicted octanol–water partition coefficient (Wildman–Crippen LogP) is 7.32. The van der Waals surface area contributed by atoms with Gasteiger partial charge in [0.25, 0.3) is 0 Å². The molecule has 0 heterocycles. The Morgan fingerprint density at radius 1 is 0.900 bits per heavy atom. The zero-order valence-corrected chi connectivity index (χ0v) is 18.7. The number of hydrogen-bond acceptors (Lipinski definition) is 1. The van der Waals surface area contributed by atoms with Crippen LogP contribution in [0.15, 0.2) is 36.4 Å². The Bertz CT molecular complexity index is 924. The minimum Gasteiger partial charge on any atom is -0.368 e. The lowest BCUT2D eigenvalue weighted by Gasteiger charge is -2.28. The Hall–Kier alpha value is -2.18. The van der Waals surface area contributed by atoms with Crippen molar-refractivity contribution in [3.63, 3.8) is 0 Å². The van der Waals surface area contributed by atoms with Gasteiger partial charge in [0.1, 0.15) is 0 Å².